The number of halogens is 5. The van der Waals surface area contributed by atoms with Crippen molar-refractivity contribution < 1.29 is 49.8 Å². The molecule has 1 N–H and O–H groups in total. The maximum absolute atomic E-state index is 15.1. The number of amides is 1. The molecule has 0 saturated heterocycles. The van der Waals surface area contributed by atoms with E-state index in [1.807, 2.05) is 32.9 Å². The van der Waals surface area contributed by atoms with E-state index in [4.69, 9.17) is 4.74 Å². The largest absolute Gasteiger partial charge is 0.495 e. The molecule has 4 saturated carbocycles. The number of benzene rings is 3. The maximum Gasteiger partial charge on any atom is 0.335 e. The molecular formula is C36H37F5N2O6S. The molecule has 0 aliphatic heterocycles. The van der Waals surface area contributed by atoms with Gasteiger partial charge in [-0.2, -0.15) is 4.31 Å². The Bertz CT molecular complexity index is 1970. The third kappa shape index (κ3) is 6.25. The number of fused-ring (bicyclic) bond motifs is 1. The second-order valence-electron chi connectivity index (χ2n) is 14.6. The molecule has 0 atom stereocenters. The Morgan fingerprint density at radius 2 is 1.54 bits per heavy atom. The van der Waals surface area contributed by atoms with E-state index >= 15 is 8.78 Å². The summed E-state index contributed by atoms with van der Waals surface area (Å²) < 4.78 is 107. The molecule has 3 aromatic rings. The van der Waals surface area contributed by atoms with Gasteiger partial charge in [0.2, 0.25) is 21.7 Å². The minimum atomic E-state index is -5.50. The zero-order valence-electron chi connectivity index (χ0n) is 28.0. The highest BCUT2D eigenvalue weighted by Gasteiger charge is 2.59. The summed E-state index contributed by atoms with van der Waals surface area (Å²) in [5, 5.41) is 9.60. The molecule has 0 radical (unpaired) electrons. The van der Waals surface area contributed by atoms with Gasteiger partial charge in [0.1, 0.15) is 5.75 Å². The Labute approximate surface area is 286 Å². The van der Waals surface area contributed by atoms with Crippen LogP contribution >= 0.6 is 0 Å². The highest BCUT2D eigenvalue weighted by Crippen LogP contribution is 2.57. The Balaban J connectivity index is 1.48. The van der Waals surface area contributed by atoms with Gasteiger partial charge >= 0.3 is 5.97 Å². The van der Waals surface area contributed by atoms with Gasteiger partial charge in [0.05, 0.1) is 31.5 Å². The average molecular weight is 721 g/mol. The number of anilines is 1. The average Bonchev–Trinajstić information content (AvgIpc) is 3.70. The number of carbonyl (C=O) groups excluding carboxylic acids is 1. The SMILES string of the molecule is COc1cc(C(=O)O)ccc1N(Cc1cc(C2CC2)cc(C(C)(C)C)c1)C(=O)CN(C12CCC(C1)C2)S(=O)(=O)c1c(F)c(F)c(F)c(F)c1F. The van der Waals surface area contributed by atoms with Gasteiger partial charge in [-0.1, -0.05) is 39.0 Å². The number of rotatable bonds is 11. The summed E-state index contributed by atoms with van der Waals surface area (Å²) in [7, 11) is -4.23. The molecule has 3 aromatic carbocycles. The van der Waals surface area contributed by atoms with E-state index in [9.17, 15) is 36.3 Å². The first-order valence-electron chi connectivity index (χ1n) is 16.3. The number of methoxy groups -OCH3 is 1. The van der Waals surface area contributed by atoms with Crippen molar-refractivity contribution in [1.29, 1.82) is 0 Å². The monoisotopic (exact) mass is 720 g/mol. The van der Waals surface area contributed by atoms with Crippen molar-refractivity contribution >= 4 is 27.6 Å². The van der Waals surface area contributed by atoms with Crippen LogP contribution in [0.25, 0.3) is 0 Å². The smallest absolute Gasteiger partial charge is 0.335 e. The lowest BCUT2D eigenvalue weighted by Gasteiger charge is -2.46. The number of sulfonamides is 1. The molecule has 4 aliphatic rings. The van der Waals surface area contributed by atoms with Gasteiger partial charge in [0.25, 0.3) is 0 Å². The molecule has 7 rings (SSSR count). The predicted octanol–water partition coefficient (Wildman–Crippen LogP) is 7.43. The molecule has 4 aliphatic carbocycles. The van der Waals surface area contributed by atoms with E-state index < -0.39 is 68.0 Å². The third-order valence-corrected chi connectivity index (χ3v) is 12.1. The molecule has 8 nitrogen and oxygen atoms in total. The minimum absolute atomic E-state index is 0.0236. The molecular weight excluding hydrogens is 683 g/mol. The van der Waals surface area contributed by atoms with E-state index in [-0.39, 0.29) is 54.1 Å². The molecule has 14 heteroatoms. The Morgan fingerprint density at radius 3 is 2.06 bits per heavy atom. The van der Waals surface area contributed by atoms with Crippen molar-refractivity contribution in [3.63, 3.8) is 0 Å². The summed E-state index contributed by atoms with van der Waals surface area (Å²) in [6, 6.07) is 9.76. The number of nitrogens with zero attached hydrogens (tertiary/aromatic N) is 2. The summed E-state index contributed by atoms with van der Waals surface area (Å²) in [4.78, 5) is 25.5. The Morgan fingerprint density at radius 1 is 0.920 bits per heavy atom. The number of ether oxygens (including phenoxy) is 1. The number of carboxylic acids is 1. The van der Waals surface area contributed by atoms with Gasteiger partial charge in [0, 0.05) is 5.54 Å². The molecule has 268 valence electrons. The second kappa shape index (κ2) is 12.6. The van der Waals surface area contributed by atoms with Crippen LogP contribution in [0.4, 0.5) is 27.6 Å². The van der Waals surface area contributed by atoms with Gasteiger partial charge in [-0.05, 0) is 90.7 Å². The predicted molar refractivity (Wildman–Crippen MR) is 173 cm³/mol. The lowest BCUT2D eigenvalue weighted by atomic mass is 9.77. The van der Waals surface area contributed by atoms with Gasteiger partial charge in [-0.3, -0.25) is 4.79 Å². The summed E-state index contributed by atoms with van der Waals surface area (Å²) in [6.45, 7) is 4.96. The molecule has 50 heavy (non-hydrogen) atoms. The van der Waals surface area contributed by atoms with E-state index in [0.717, 1.165) is 24.0 Å². The van der Waals surface area contributed by atoms with Crippen molar-refractivity contribution in [3.05, 3.63) is 87.7 Å². The topological polar surface area (TPSA) is 104 Å². The van der Waals surface area contributed by atoms with E-state index in [1.165, 1.54) is 30.2 Å². The van der Waals surface area contributed by atoms with Crippen LogP contribution in [-0.2, 0) is 26.8 Å². The van der Waals surface area contributed by atoms with Crippen LogP contribution in [0.2, 0.25) is 0 Å². The zero-order chi connectivity index (χ0) is 36.5. The van der Waals surface area contributed by atoms with Crippen LogP contribution in [0.15, 0.2) is 41.3 Å². The molecule has 2 bridgehead atoms. The number of aromatic carboxylic acids is 1. The van der Waals surface area contributed by atoms with Crippen molar-refractivity contribution in [1.82, 2.24) is 4.31 Å². The van der Waals surface area contributed by atoms with Crippen LogP contribution in [0.5, 0.6) is 5.75 Å². The van der Waals surface area contributed by atoms with Crippen molar-refractivity contribution in [3.8, 4) is 5.75 Å². The molecule has 0 heterocycles. The standard InChI is InChI=1S/C36H37F5N2O6S/c1-35(2,3)24-12-20(11-23(13-24)21-5-6-21)17-42(25-8-7-22(34(45)46)14-26(25)49-4)27(44)18-43(36-10-9-19(15-36)16-36)50(47,48)33-31(40)29(38)28(37)30(39)32(33)41/h7-8,11-14,19,21H,5-6,9-10,15-18H2,1-4H3,(H,45,46). The number of hydrogen-bond donors (Lipinski definition) is 1. The molecule has 0 spiro atoms. The number of carbonyl (C=O) groups is 2. The van der Waals surface area contributed by atoms with Crippen LogP contribution in [0, 0.1) is 35.0 Å². The van der Waals surface area contributed by atoms with Crippen LogP contribution in [0.1, 0.15) is 92.3 Å². The normalized spacial score (nSPS) is 20.2. The van der Waals surface area contributed by atoms with Crippen LogP contribution in [-0.4, -0.2) is 48.9 Å². The third-order valence-electron chi connectivity index (χ3n) is 10.2. The molecule has 4 fully saturated rings. The number of carboxylic acid groups (broad SMARTS) is 1. The first-order chi connectivity index (χ1) is 23.4. The van der Waals surface area contributed by atoms with Crippen molar-refractivity contribution in [2.75, 3.05) is 18.6 Å². The first kappa shape index (κ1) is 35.8. The number of hydrogen-bond acceptors (Lipinski definition) is 5. The minimum Gasteiger partial charge on any atom is -0.495 e. The second-order valence-corrected chi connectivity index (χ2v) is 16.4. The summed E-state index contributed by atoms with van der Waals surface area (Å²) in [5.74, 6) is -14.1. The highest BCUT2D eigenvalue weighted by atomic mass is 32.2. The summed E-state index contributed by atoms with van der Waals surface area (Å²) in [6.07, 6.45) is 3.24. The fraction of sp³-hybridized carbons (Fsp3) is 0.444. The lowest BCUT2D eigenvalue weighted by molar-refractivity contribution is -0.120. The van der Waals surface area contributed by atoms with Gasteiger partial charge < -0.3 is 14.7 Å². The van der Waals surface area contributed by atoms with E-state index in [0.29, 0.717) is 22.2 Å². The van der Waals surface area contributed by atoms with E-state index in [1.54, 1.807) is 0 Å². The summed E-state index contributed by atoms with van der Waals surface area (Å²) in [5.41, 5.74) is 1.09. The molecule has 0 unspecified atom stereocenters. The molecule has 0 aromatic heterocycles. The van der Waals surface area contributed by atoms with Crippen LogP contribution in [0.3, 0.4) is 0 Å². The Kier molecular flexibility index (Phi) is 9.03. The fourth-order valence-electron chi connectivity index (χ4n) is 7.28. The Hall–Kier alpha value is -4.04. The maximum atomic E-state index is 15.1. The van der Waals surface area contributed by atoms with Gasteiger partial charge in [0.15, 0.2) is 28.2 Å². The van der Waals surface area contributed by atoms with Crippen LogP contribution < -0.4 is 9.64 Å². The highest BCUT2D eigenvalue weighted by molar-refractivity contribution is 7.89. The van der Waals surface area contributed by atoms with Crippen molar-refractivity contribution in [2.24, 2.45) is 5.92 Å². The molecule has 1 amide bonds. The van der Waals surface area contributed by atoms with E-state index in [2.05, 4.69) is 6.07 Å². The van der Waals surface area contributed by atoms with Gasteiger partial charge in [-0.15, -0.1) is 0 Å². The quantitative estimate of drug-likeness (QED) is 0.126. The summed E-state index contributed by atoms with van der Waals surface area (Å²) >= 11 is 0. The first-order valence-corrected chi connectivity index (χ1v) is 17.7. The van der Waals surface area contributed by atoms with Gasteiger partial charge in [-0.25, -0.2) is 35.2 Å². The zero-order valence-corrected chi connectivity index (χ0v) is 28.8. The van der Waals surface area contributed by atoms with Crippen molar-refractivity contribution in [2.45, 2.75) is 87.6 Å². The lowest BCUT2D eigenvalue weighted by Crippen LogP contribution is -2.58. The fourth-order valence-corrected chi connectivity index (χ4v) is 9.16.